The third-order valence-corrected chi connectivity index (χ3v) is 4.25. The van der Waals surface area contributed by atoms with Gasteiger partial charge in [0.2, 0.25) is 0 Å². The van der Waals surface area contributed by atoms with E-state index in [2.05, 4.69) is 11.8 Å². The van der Waals surface area contributed by atoms with Crippen LogP contribution in [0.3, 0.4) is 0 Å². The molecule has 1 fully saturated rings. The number of piperidine rings is 1. The van der Waals surface area contributed by atoms with Gasteiger partial charge in [-0.05, 0) is 38.0 Å². The highest BCUT2D eigenvalue weighted by atomic mass is 19.1. The van der Waals surface area contributed by atoms with Crippen molar-refractivity contribution in [2.24, 2.45) is 5.73 Å². The normalized spacial score (nSPS) is 31.0. The van der Waals surface area contributed by atoms with Crippen molar-refractivity contribution in [1.82, 2.24) is 4.90 Å². The van der Waals surface area contributed by atoms with Crippen molar-refractivity contribution < 1.29 is 9.13 Å². The summed E-state index contributed by atoms with van der Waals surface area (Å²) in [6.45, 7) is 4.06. The van der Waals surface area contributed by atoms with E-state index in [-0.39, 0.29) is 18.0 Å². The van der Waals surface area contributed by atoms with Crippen LogP contribution in [-0.4, -0.2) is 36.2 Å². The summed E-state index contributed by atoms with van der Waals surface area (Å²) in [6.07, 6.45) is 3.18. The summed E-state index contributed by atoms with van der Waals surface area (Å²) < 4.78 is 19.1. The Morgan fingerprint density at radius 1 is 1.42 bits per heavy atom. The molecule has 0 aromatic heterocycles. The zero-order valence-corrected chi connectivity index (χ0v) is 11.3. The second-order valence-corrected chi connectivity index (χ2v) is 5.84. The molecule has 2 heterocycles. The third kappa shape index (κ3) is 2.74. The van der Waals surface area contributed by atoms with Gasteiger partial charge in [-0.15, -0.1) is 0 Å². The lowest BCUT2D eigenvalue weighted by Gasteiger charge is -2.37. The Labute approximate surface area is 113 Å². The zero-order valence-electron chi connectivity index (χ0n) is 11.3. The number of ether oxygens (including phenoxy) is 1. The average molecular weight is 264 g/mol. The van der Waals surface area contributed by atoms with Crippen LogP contribution in [0.4, 0.5) is 4.39 Å². The molecule has 1 aromatic carbocycles. The van der Waals surface area contributed by atoms with E-state index in [4.69, 9.17) is 10.5 Å². The first-order valence-electron chi connectivity index (χ1n) is 7.06. The van der Waals surface area contributed by atoms with E-state index in [0.717, 1.165) is 43.7 Å². The molecule has 0 radical (unpaired) electrons. The van der Waals surface area contributed by atoms with Crippen LogP contribution >= 0.6 is 0 Å². The third-order valence-electron chi connectivity index (χ3n) is 4.25. The van der Waals surface area contributed by atoms with Gasteiger partial charge < -0.3 is 10.5 Å². The smallest absolute Gasteiger partial charge is 0.123 e. The minimum atomic E-state index is -0.184. The number of halogens is 1. The summed E-state index contributed by atoms with van der Waals surface area (Å²) in [4.78, 5) is 2.40. The second kappa shape index (κ2) is 5.10. The van der Waals surface area contributed by atoms with Gasteiger partial charge in [-0.25, -0.2) is 4.39 Å². The zero-order chi connectivity index (χ0) is 13.4. The molecular formula is C15H21FN2O. The molecule has 0 spiro atoms. The maximum absolute atomic E-state index is 13.2. The van der Waals surface area contributed by atoms with Crippen LogP contribution in [0.2, 0.25) is 0 Å². The molecule has 2 N–H and O–H groups in total. The van der Waals surface area contributed by atoms with Gasteiger partial charge >= 0.3 is 0 Å². The van der Waals surface area contributed by atoms with Crippen molar-refractivity contribution in [2.75, 3.05) is 13.1 Å². The highest BCUT2D eigenvalue weighted by molar-refractivity contribution is 5.37. The molecule has 3 unspecified atom stereocenters. The number of benzene rings is 1. The Bertz CT molecular complexity index is 465. The summed E-state index contributed by atoms with van der Waals surface area (Å²) in [6, 6.07) is 5.61. The van der Waals surface area contributed by atoms with Gasteiger partial charge in [0.25, 0.3) is 0 Å². The quantitative estimate of drug-likeness (QED) is 0.887. The van der Waals surface area contributed by atoms with Crippen molar-refractivity contribution >= 4 is 0 Å². The van der Waals surface area contributed by atoms with E-state index in [1.54, 1.807) is 12.1 Å². The molecule has 1 saturated heterocycles. The SMILES string of the molecule is CC1CCC(N)CN1CC1Cc2cc(F)ccc2O1. The Hall–Kier alpha value is -1.13. The summed E-state index contributed by atoms with van der Waals surface area (Å²) in [5, 5.41) is 0. The monoisotopic (exact) mass is 264 g/mol. The Kier molecular flexibility index (Phi) is 3.46. The van der Waals surface area contributed by atoms with Gasteiger partial charge in [0, 0.05) is 37.2 Å². The first-order valence-corrected chi connectivity index (χ1v) is 7.06. The molecule has 0 amide bonds. The minimum Gasteiger partial charge on any atom is -0.488 e. The lowest BCUT2D eigenvalue weighted by atomic mass is 9.99. The average Bonchev–Trinajstić information content (AvgIpc) is 2.75. The molecule has 1 aromatic rings. The molecule has 0 aliphatic carbocycles. The molecule has 3 atom stereocenters. The number of fused-ring (bicyclic) bond motifs is 1. The maximum atomic E-state index is 13.2. The van der Waals surface area contributed by atoms with Crippen LogP contribution < -0.4 is 10.5 Å². The Balaban J connectivity index is 1.63. The fourth-order valence-corrected chi connectivity index (χ4v) is 3.12. The number of hydrogen-bond acceptors (Lipinski definition) is 3. The number of rotatable bonds is 2. The maximum Gasteiger partial charge on any atom is 0.123 e. The molecule has 0 saturated carbocycles. The van der Waals surface area contributed by atoms with Crippen LogP contribution in [0, 0.1) is 5.82 Å². The number of nitrogens with zero attached hydrogens (tertiary/aromatic N) is 1. The summed E-state index contributed by atoms with van der Waals surface area (Å²) in [5.41, 5.74) is 7.02. The van der Waals surface area contributed by atoms with E-state index in [1.165, 1.54) is 6.07 Å². The minimum absolute atomic E-state index is 0.129. The molecule has 4 heteroatoms. The van der Waals surface area contributed by atoms with Crippen molar-refractivity contribution in [3.8, 4) is 5.75 Å². The van der Waals surface area contributed by atoms with Crippen molar-refractivity contribution in [3.63, 3.8) is 0 Å². The number of nitrogens with two attached hydrogens (primary N) is 1. The van der Waals surface area contributed by atoms with Crippen LogP contribution in [0.15, 0.2) is 18.2 Å². The van der Waals surface area contributed by atoms with E-state index >= 15 is 0 Å². The molecule has 19 heavy (non-hydrogen) atoms. The van der Waals surface area contributed by atoms with Gasteiger partial charge in [0.1, 0.15) is 17.7 Å². The first kappa shape index (κ1) is 12.9. The molecule has 3 rings (SSSR count). The summed E-state index contributed by atoms with van der Waals surface area (Å²) in [7, 11) is 0. The van der Waals surface area contributed by atoms with Crippen molar-refractivity contribution in [1.29, 1.82) is 0 Å². The lowest BCUT2D eigenvalue weighted by Crippen LogP contribution is -2.50. The van der Waals surface area contributed by atoms with Crippen LogP contribution in [0.25, 0.3) is 0 Å². The number of hydrogen-bond donors (Lipinski definition) is 1. The van der Waals surface area contributed by atoms with Crippen LogP contribution in [-0.2, 0) is 6.42 Å². The fourth-order valence-electron chi connectivity index (χ4n) is 3.12. The molecule has 0 bridgehead atoms. The summed E-state index contributed by atoms with van der Waals surface area (Å²) >= 11 is 0. The van der Waals surface area contributed by atoms with Crippen molar-refractivity contribution in [2.45, 2.75) is 44.4 Å². The van der Waals surface area contributed by atoms with Gasteiger partial charge in [-0.2, -0.15) is 0 Å². The van der Waals surface area contributed by atoms with Gasteiger partial charge in [-0.1, -0.05) is 0 Å². The molecule has 2 aliphatic heterocycles. The van der Waals surface area contributed by atoms with Crippen LogP contribution in [0.1, 0.15) is 25.3 Å². The number of likely N-dealkylation sites (tertiary alicyclic amines) is 1. The van der Waals surface area contributed by atoms with Gasteiger partial charge in [0.05, 0.1) is 0 Å². The summed E-state index contributed by atoms with van der Waals surface area (Å²) in [5.74, 6) is 0.650. The highest BCUT2D eigenvalue weighted by Gasteiger charge is 2.29. The standard InChI is InChI=1S/C15H21FN2O/c1-10-2-4-13(17)8-18(10)9-14-7-11-6-12(16)3-5-15(11)19-14/h3,5-6,10,13-14H,2,4,7-9,17H2,1H3. The largest absolute Gasteiger partial charge is 0.488 e. The topological polar surface area (TPSA) is 38.5 Å². The Morgan fingerprint density at radius 2 is 2.26 bits per heavy atom. The predicted molar refractivity (Wildman–Crippen MR) is 72.8 cm³/mol. The van der Waals surface area contributed by atoms with E-state index in [1.807, 2.05) is 0 Å². The highest BCUT2D eigenvalue weighted by Crippen LogP contribution is 2.30. The molecule has 3 nitrogen and oxygen atoms in total. The second-order valence-electron chi connectivity index (χ2n) is 5.84. The first-order chi connectivity index (χ1) is 9.11. The van der Waals surface area contributed by atoms with Crippen molar-refractivity contribution in [3.05, 3.63) is 29.6 Å². The molecule has 104 valence electrons. The predicted octanol–water partition coefficient (Wildman–Crippen LogP) is 1.94. The fraction of sp³-hybridized carbons (Fsp3) is 0.600. The lowest BCUT2D eigenvalue weighted by molar-refractivity contribution is 0.0896. The van der Waals surface area contributed by atoms with Gasteiger partial charge in [-0.3, -0.25) is 4.90 Å². The van der Waals surface area contributed by atoms with E-state index in [0.29, 0.717) is 6.04 Å². The molecule has 2 aliphatic rings. The molecular weight excluding hydrogens is 243 g/mol. The Morgan fingerprint density at radius 3 is 3.11 bits per heavy atom. The van der Waals surface area contributed by atoms with Crippen LogP contribution in [0.5, 0.6) is 5.75 Å². The van der Waals surface area contributed by atoms with Gasteiger partial charge in [0.15, 0.2) is 0 Å². The van der Waals surface area contributed by atoms with E-state index in [9.17, 15) is 4.39 Å². The van der Waals surface area contributed by atoms with E-state index < -0.39 is 0 Å².